The Hall–Kier alpha value is -0.970. The van der Waals surface area contributed by atoms with Crippen LogP contribution in [-0.4, -0.2) is 31.3 Å². The number of hydrogen-bond donors (Lipinski definition) is 1. The molecule has 2 atom stereocenters. The minimum Gasteiger partial charge on any atom is -0.382 e. The van der Waals surface area contributed by atoms with E-state index in [-0.39, 0.29) is 6.10 Å². The number of likely N-dealkylation sites (N-methyl/N-ethyl adjacent to an activating group) is 1. The van der Waals surface area contributed by atoms with Gasteiger partial charge in [-0.2, -0.15) is 0 Å². The van der Waals surface area contributed by atoms with Crippen molar-refractivity contribution in [2.24, 2.45) is 0 Å². The SMILES string of the molecule is CNC(Cc1nc2ccccc2s1)CC(C)OC. The highest BCUT2D eigenvalue weighted by atomic mass is 32.1. The van der Waals surface area contributed by atoms with Crippen LogP contribution in [0.1, 0.15) is 18.4 Å². The lowest BCUT2D eigenvalue weighted by Gasteiger charge is -2.18. The molecule has 1 aromatic heterocycles. The van der Waals surface area contributed by atoms with E-state index in [4.69, 9.17) is 4.74 Å². The van der Waals surface area contributed by atoms with Gasteiger partial charge in [-0.15, -0.1) is 11.3 Å². The number of ether oxygens (including phenoxy) is 1. The predicted octanol–water partition coefficient (Wildman–Crippen LogP) is 2.85. The molecular weight excluding hydrogens is 244 g/mol. The minimum absolute atomic E-state index is 0.275. The first kappa shape index (κ1) is 13.5. The predicted molar refractivity (Wildman–Crippen MR) is 77.3 cm³/mol. The summed E-state index contributed by atoms with van der Waals surface area (Å²) >= 11 is 1.78. The summed E-state index contributed by atoms with van der Waals surface area (Å²) in [5, 5.41) is 4.54. The maximum Gasteiger partial charge on any atom is 0.0954 e. The molecule has 2 unspecified atom stereocenters. The van der Waals surface area contributed by atoms with Crippen LogP contribution < -0.4 is 5.32 Å². The van der Waals surface area contributed by atoms with Gasteiger partial charge >= 0.3 is 0 Å². The van der Waals surface area contributed by atoms with Crippen LogP contribution in [0.2, 0.25) is 0 Å². The number of benzene rings is 1. The van der Waals surface area contributed by atoms with E-state index in [0.29, 0.717) is 6.04 Å². The molecule has 2 rings (SSSR count). The van der Waals surface area contributed by atoms with Crippen LogP contribution in [-0.2, 0) is 11.2 Å². The van der Waals surface area contributed by atoms with Gasteiger partial charge in [-0.25, -0.2) is 4.98 Å². The molecule has 0 aliphatic rings. The molecule has 0 spiro atoms. The van der Waals surface area contributed by atoms with Crippen LogP contribution in [0.4, 0.5) is 0 Å². The van der Waals surface area contributed by atoms with Gasteiger partial charge in [-0.1, -0.05) is 12.1 Å². The van der Waals surface area contributed by atoms with Crippen molar-refractivity contribution in [2.75, 3.05) is 14.2 Å². The fourth-order valence-corrected chi connectivity index (χ4v) is 3.07. The molecule has 0 saturated heterocycles. The lowest BCUT2D eigenvalue weighted by Crippen LogP contribution is -2.31. The summed E-state index contributed by atoms with van der Waals surface area (Å²) in [7, 11) is 3.76. The Morgan fingerprint density at radius 3 is 2.83 bits per heavy atom. The number of para-hydroxylation sites is 1. The Labute approximate surface area is 112 Å². The summed E-state index contributed by atoms with van der Waals surface area (Å²) < 4.78 is 6.59. The average molecular weight is 264 g/mol. The van der Waals surface area contributed by atoms with Crippen molar-refractivity contribution in [2.45, 2.75) is 31.9 Å². The summed E-state index contributed by atoms with van der Waals surface area (Å²) in [6, 6.07) is 8.71. The van der Waals surface area contributed by atoms with Gasteiger partial charge in [0, 0.05) is 19.6 Å². The third-order valence-corrected chi connectivity index (χ3v) is 4.24. The van der Waals surface area contributed by atoms with Crippen molar-refractivity contribution in [1.82, 2.24) is 10.3 Å². The number of hydrogen-bond acceptors (Lipinski definition) is 4. The van der Waals surface area contributed by atoms with E-state index >= 15 is 0 Å². The highest BCUT2D eigenvalue weighted by molar-refractivity contribution is 7.18. The third kappa shape index (κ3) is 3.28. The van der Waals surface area contributed by atoms with Gasteiger partial charge in [0.2, 0.25) is 0 Å². The molecule has 2 aromatic rings. The van der Waals surface area contributed by atoms with Crippen molar-refractivity contribution in [3.8, 4) is 0 Å². The normalized spacial score (nSPS) is 14.8. The van der Waals surface area contributed by atoms with Crippen molar-refractivity contribution in [3.05, 3.63) is 29.3 Å². The van der Waals surface area contributed by atoms with Gasteiger partial charge < -0.3 is 10.1 Å². The lowest BCUT2D eigenvalue weighted by atomic mass is 10.1. The van der Waals surface area contributed by atoms with E-state index in [1.54, 1.807) is 18.4 Å². The molecule has 0 aliphatic heterocycles. The largest absolute Gasteiger partial charge is 0.382 e. The van der Waals surface area contributed by atoms with E-state index < -0.39 is 0 Å². The number of fused-ring (bicyclic) bond motifs is 1. The van der Waals surface area contributed by atoms with Gasteiger partial charge in [0.25, 0.3) is 0 Å². The van der Waals surface area contributed by atoms with Crippen molar-refractivity contribution >= 4 is 21.6 Å². The molecule has 1 heterocycles. The Bertz CT molecular complexity index is 464. The molecule has 0 fully saturated rings. The monoisotopic (exact) mass is 264 g/mol. The average Bonchev–Trinajstić information content (AvgIpc) is 2.79. The molecule has 3 nitrogen and oxygen atoms in total. The van der Waals surface area contributed by atoms with Crippen molar-refractivity contribution in [1.29, 1.82) is 0 Å². The molecule has 18 heavy (non-hydrogen) atoms. The summed E-state index contributed by atoms with van der Waals surface area (Å²) in [6.07, 6.45) is 2.24. The zero-order chi connectivity index (χ0) is 13.0. The molecule has 0 saturated carbocycles. The van der Waals surface area contributed by atoms with Gasteiger partial charge in [0.15, 0.2) is 0 Å². The van der Waals surface area contributed by atoms with Crippen molar-refractivity contribution in [3.63, 3.8) is 0 Å². The first-order chi connectivity index (χ1) is 8.72. The second-order valence-electron chi connectivity index (χ2n) is 4.55. The molecule has 0 bridgehead atoms. The Morgan fingerprint density at radius 2 is 2.17 bits per heavy atom. The fourth-order valence-electron chi connectivity index (χ4n) is 2.02. The Kier molecular flexibility index (Phi) is 4.69. The van der Waals surface area contributed by atoms with E-state index in [9.17, 15) is 0 Å². The van der Waals surface area contributed by atoms with Gasteiger partial charge in [-0.3, -0.25) is 0 Å². The standard InChI is InChI=1S/C14H20N2OS/c1-10(17-3)8-11(15-2)9-14-16-12-6-4-5-7-13(12)18-14/h4-7,10-11,15H,8-9H2,1-3H3. The number of aromatic nitrogens is 1. The van der Waals surface area contributed by atoms with Crippen LogP contribution in [0.3, 0.4) is 0 Å². The van der Waals surface area contributed by atoms with E-state index in [1.165, 1.54) is 9.71 Å². The first-order valence-corrected chi connectivity index (χ1v) is 7.09. The quantitative estimate of drug-likeness (QED) is 0.871. The lowest BCUT2D eigenvalue weighted by molar-refractivity contribution is 0.101. The van der Waals surface area contributed by atoms with Crippen LogP contribution >= 0.6 is 11.3 Å². The van der Waals surface area contributed by atoms with Crippen LogP contribution in [0.25, 0.3) is 10.2 Å². The minimum atomic E-state index is 0.275. The number of thiazole rings is 1. The van der Waals surface area contributed by atoms with E-state index in [2.05, 4.69) is 35.4 Å². The molecule has 98 valence electrons. The highest BCUT2D eigenvalue weighted by Crippen LogP contribution is 2.23. The topological polar surface area (TPSA) is 34.2 Å². The van der Waals surface area contributed by atoms with E-state index in [1.807, 2.05) is 13.1 Å². The van der Waals surface area contributed by atoms with E-state index in [0.717, 1.165) is 18.4 Å². The maximum atomic E-state index is 5.32. The fraction of sp³-hybridized carbons (Fsp3) is 0.500. The maximum absolute atomic E-state index is 5.32. The second kappa shape index (κ2) is 6.27. The molecule has 1 N–H and O–H groups in total. The molecule has 0 aliphatic carbocycles. The molecular formula is C14H20N2OS. The molecule has 4 heteroatoms. The van der Waals surface area contributed by atoms with Crippen LogP contribution in [0, 0.1) is 0 Å². The summed E-state index contributed by atoms with van der Waals surface area (Å²) in [6.45, 7) is 2.10. The van der Waals surface area contributed by atoms with Crippen LogP contribution in [0.5, 0.6) is 0 Å². The van der Waals surface area contributed by atoms with Crippen molar-refractivity contribution < 1.29 is 4.74 Å². The molecule has 1 aromatic carbocycles. The second-order valence-corrected chi connectivity index (χ2v) is 5.66. The summed E-state index contributed by atoms with van der Waals surface area (Å²) in [4.78, 5) is 4.67. The summed E-state index contributed by atoms with van der Waals surface area (Å²) in [5.74, 6) is 0. The Morgan fingerprint density at radius 1 is 1.39 bits per heavy atom. The zero-order valence-corrected chi connectivity index (χ0v) is 12.0. The number of methoxy groups -OCH3 is 1. The zero-order valence-electron chi connectivity index (χ0n) is 11.1. The van der Waals surface area contributed by atoms with Gasteiger partial charge in [0.1, 0.15) is 0 Å². The number of rotatable bonds is 6. The van der Waals surface area contributed by atoms with Gasteiger partial charge in [0.05, 0.1) is 21.3 Å². The van der Waals surface area contributed by atoms with Gasteiger partial charge in [-0.05, 0) is 32.5 Å². The number of nitrogens with zero attached hydrogens (tertiary/aromatic N) is 1. The Balaban J connectivity index is 2.06. The summed E-state index contributed by atoms with van der Waals surface area (Å²) in [5.41, 5.74) is 1.10. The molecule has 0 amide bonds. The molecule has 0 radical (unpaired) electrons. The third-order valence-electron chi connectivity index (χ3n) is 3.19. The first-order valence-electron chi connectivity index (χ1n) is 6.27. The van der Waals surface area contributed by atoms with Crippen LogP contribution in [0.15, 0.2) is 24.3 Å². The number of nitrogens with one attached hydrogen (secondary N) is 1. The highest BCUT2D eigenvalue weighted by Gasteiger charge is 2.14. The smallest absolute Gasteiger partial charge is 0.0954 e.